The number of anilines is 1. The second-order valence-electron chi connectivity index (χ2n) is 9.62. The van der Waals surface area contributed by atoms with Crippen molar-refractivity contribution in [3.8, 4) is 0 Å². The van der Waals surface area contributed by atoms with Gasteiger partial charge >= 0.3 is 0 Å². The van der Waals surface area contributed by atoms with Gasteiger partial charge in [-0.25, -0.2) is 12.8 Å². The van der Waals surface area contributed by atoms with Gasteiger partial charge in [-0.1, -0.05) is 56.0 Å². The molecule has 1 saturated carbocycles. The van der Waals surface area contributed by atoms with Gasteiger partial charge in [0.05, 0.1) is 11.9 Å². The van der Waals surface area contributed by atoms with Crippen molar-refractivity contribution in [2.45, 2.75) is 71.0 Å². The molecule has 2 aromatic rings. The maximum absolute atomic E-state index is 13.8. The number of nitrogens with zero attached hydrogens (tertiary/aromatic N) is 2. The molecule has 1 aliphatic rings. The quantitative estimate of drug-likeness (QED) is 0.459. The lowest BCUT2D eigenvalue weighted by molar-refractivity contribution is -0.140. The van der Waals surface area contributed by atoms with Crippen LogP contribution in [0.1, 0.15) is 56.6 Å². The summed E-state index contributed by atoms with van der Waals surface area (Å²) < 4.78 is 40.1. The highest BCUT2D eigenvalue weighted by molar-refractivity contribution is 7.92. The summed E-state index contributed by atoms with van der Waals surface area (Å²) in [7, 11) is -3.86. The van der Waals surface area contributed by atoms with Gasteiger partial charge in [-0.05, 0) is 61.6 Å². The topological polar surface area (TPSA) is 86.8 Å². The fraction of sp³-hybridized carbons (Fsp3) is 0.481. The van der Waals surface area contributed by atoms with Gasteiger partial charge < -0.3 is 10.2 Å². The van der Waals surface area contributed by atoms with Crippen molar-refractivity contribution in [1.29, 1.82) is 0 Å². The van der Waals surface area contributed by atoms with Crippen LogP contribution < -0.4 is 9.62 Å². The molecular weight excluding hydrogens is 517 g/mol. The number of halogens is 2. The number of amides is 2. The predicted molar refractivity (Wildman–Crippen MR) is 144 cm³/mol. The smallest absolute Gasteiger partial charge is 0.244 e. The van der Waals surface area contributed by atoms with Gasteiger partial charge in [-0.15, -0.1) is 0 Å². The molecule has 0 spiro atoms. The summed E-state index contributed by atoms with van der Waals surface area (Å²) in [6.07, 6.45) is 6.38. The molecule has 1 N–H and O–H groups in total. The molecule has 2 amide bonds. The molecule has 202 valence electrons. The number of sulfonamides is 1. The summed E-state index contributed by atoms with van der Waals surface area (Å²) in [5.41, 5.74) is 1.56. The second-order valence-corrected chi connectivity index (χ2v) is 12.0. The zero-order valence-electron chi connectivity index (χ0n) is 21.5. The highest BCUT2D eigenvalue weighted by Gasteiger charge is 2.33. The first-order valence-corrected chi connectivity index (χ1v) is 14.8. The lowest BCUT2D eigenvalue weighted by Gasteiger charge is -2.34. The fourth-order valence-electron chi connectivity index (χ4n) is 4.70. The van der Waals surface area contributed by atoms with E-state index in [1.165, 1.54) is 23.1 Å². The van der Waals surface area contributed by atoms with E-state index < -0.39 is 34.3 Å². The summed E-state index contributed by atoms with van der Waals surface area (Å²) >= 11 is 6.14. The van der Waals surface area contributed by atoms with Crippen LogP contribution in [0.15, 0.2) is 42.5 Å². The van der Waals surface area contributed by atoms with Crippen molar-refractivity contribution >= 4 is 39.1 Å². The van der Waals surface area contributed by atoms with Crippen LogP contribution in [0.25, 0.3) is 0 Å². The lowest BCUT2D eigenvalue weighted by atomic mass is 9.95. The molecule has 0 aromatic heterocycles. The number of carbonyl (C=O) groups is 2. The number of hydrogen-bond donors (Lipinski definition) is 1. The van der Waals surface area contributed by atoms with Crippen molar-refractivity contribution in [3.05, 3.63) is 64.4 Å². The van der Waals surface area contributed by atoms with Crippen LogP contribution in [-0.4, -0.2) is 50.0 Å². The molecule has 0 aliphatic heterocycles. The largest absolute Gasteiger partial charge is 0.352 e. The molecule has 0 bridgehead atoms. The van der Waals surface area contributed by atoms with Crippen LogP contribution >= 0.6 is 11.6 Å². The Morgan fingerprint density at radius 3 is 2.35 bits per heavy atom. The maximum atomic E-state index is 13.8. The van der Waals surface area contributed by atoms with E-state index >= 15 is 0 Å². The Morgan fingerprint density at radius 2 is 1.76 bits per heavy atom. The van der Waals surface area contributed by atoms with E-state index in [2.05, 4.69) is 5.32 Å². The monoisotopic (exact) mass is 551 g/mol. The minimum Gasteiger partial charge on any atom is -0.352 e. The molecule has 37 heavy (non-hydrogen) atoms. The summed E-state index contributed by atoms with van der Waals surface area (Å²) in [5.74, 6) is -1.22. The standard InChI is InChI=1S/C27H35ClFN3O4S/c1-4-24(27(34)30-23-8-6-5-7-9-23)31(17-20-11-14-22(29)15-12-20)26(33)18-32(37(3,35)36)25-16-21(28)13-10-19(25)2/h10-16,23-24H,4-9,17-18H2,1-3H3,(H,30,34). The van der Waals surface area contributed by atoms with Crippen molar-refractivity contribution in [2.75, 3.05) is 17.1 Å². The predicted octanol–water partition coefficient (Wildman–Crippen LogP) is 4.81. The Balaban J connectivity index is 1.93. The van der Waals surface area contributed by atoms with Gasteiger partial charge in [0.1, 0.15) is 18.4 Å². The van der Waals surface area contributed by atoms with E-state index in [1.807, 2.05) is 6.92 Å². The lowest BCUT2D eigenvalue weighted by Crippen LogP contribution is -2.54. The summed E-state index contributed by atoms with van der Waals surface area (Å²) in [5, 5.41) is 3.43. The van der Waals surface area contributed by atoms with Crippen molar-refractivity contribution in [1.82, 2.24) is 10.2 Å². The van der Waals surface area contributed by atoms with Gasteiger partial charge in [-0.2, -0.15) is 0 Å². The number of benzene rings is 2. The molecule has 2 aromatic carbocycles. The average molecular weight is 552 g/mol. The first-order chi connectivity index (χ1) is 17.5. The van der Waals surface area contributed by atoms with E-state index in [-0.39, 0.29) is 18.5 Å². The Labute approximate surface area is 224 Å². The van der Waals surface area contributed by atoms with Crippen LogP contribution in [0.2, 0.25) is 5.02 Å². The molecule has 1 aliphatic carbocycles. The van der Waals surface area contributed by atoms with Crippen LogP contribution in [0.5, 0.6) is 0 Å². The van der Waals surface area contributed by atoms with Crippen LogP contribution in [0, 0.1) is 12.7 Å². The van der Waals surface area contributed by atoms with Gasteiger partial charge in [0, 0.05) is 17.6 Å². The van der Waals surface area contributed by atoms with Crippen LogP contribution in [0.3, 0.4) is 0 Å². The molecule has 0 heterocycles. The third-order valence-electron chi connectivity index (χ3n) is 6.72. The molecule has 0 saturated heterocycles. The summed E-state index contributed by atoms with van der Waals surface area (Å²) in [6, 6.07) is 9.75. The zero-order valence-corrected chi connectivity index (χ0v) is 23.1. The Hall–Kier alpha value is -2.65. The van der Waals surface area contributed by atoms with Gasteiger partial charge in [0.15, 0.2) is 0 Å². The molecule has 1 unspecified atom stereocenters. The average Bonchev–Trinajstić information content (AvgIpc) is 2.85. The van der Waals surface area contributed by atoms with Crippen molar-refractivity contribution in [2.24, 2.45) is 0 Å². The maximum Gasteiger partial charge on any atom is 0.244 e. The van der Waals surface area contributed by atoms with Crippen LogP contribution in [-0.2, 0) is 26.2 Å². The Morgan fingerprint density at radius 1 is 1.11 bits per heavy atom. The molecule has 10 heteroatoms. The third-order valence-corrected chi connectivity index (χ3v) is 8.08. The number of rotatable bonds is 10. The first kappa shape index (κ1) is 28.9. The number of aryl methyl sites for hydroxylation is 1. The highest BCUT2D eigenvalue weighted by atomic mass is 35.5. The van der Waals surface area contributed by atoms with Crippen molar-refractivity contribution < 1.29 is 22.4 Å². The molecular formula is C27H35ClFN3O4S. The zero-order chi connectivity index (χ0) is 27.2. The van der Waals surface area contributed by atoms with E-state index in [1.54, 1.807) is 31.2 Å². The number of carbonyl (C=O) groups excluding carboxylic acids is 2. The normalized spacial score (nSPS) is 15.2. The minimum atomic E-state index is -3.86. The Bertz CT molecular complexity index is 1200. The first-order valence-electron chi connectivity index (χ1n) is 12.6. The van der Waals surface area contributed by atoms with Gasteiger partial charge in [0.2, 0.25) is 21.8 Å². The molecule has 1 atom stereocenters. The Kier molecular flexibility index (Phi) is 9.95. The molecule has 7 nitrogen and oxygen atoms in total. The van der Waals surface area contributed by atoms with E-state index in [4.69, 9.17) is 11.6 Å². The van der Waals surface area contributed by atoms with Crippen molar-refractivity contribution in [3.63, 3.8) is 0 Å². The van der Waals surface area contributed by atoms with E-state index in [0.29, 0.717) is 28.3 Å². The summed E-state index contributed by atoms with van der Waals surface area (Å²) in [6.45, 7) is 3.07. The van der Waals surface area contributed by atoms with Gasteiger partial charge in [0.25, 0.3) is 0 Å². The van der Waals surface area contributed by atoms with E-state index in [0.717, 1.165) is 42.7 Å². The number of hydrogen-bond acceptors (Lipinski definition) is 4. The molecule has 0 radical (unpaired) electrons. The highest BCUT2D eigenvalue weighted by Crippen LogP contribution is 2.27. The van der Waals surface area contributed by atoms with Gasteiger partial charge in [-0.3, -0.25) is 13.9 Å². The number of nitrogens with one attached hydrogen (secondary N) is 1. The third kappa shape index (κ3) is 7.92. The van der Waals surface area contributed by atoms with E-state index in [9.17, 15) is 22.4 Å². The fourth-order valence-corrected chi connectivity index (χ4v) is 5.76. The van der Waals surface area contributed by atoms with Crippen LogP contribution in [0.4, 0.5) is 10.1 Å². The molecule has 3 rings (SSSR count). The summed E-state index contributed by atoms with van der Waals surface area (Å²) in [4.78, 5) is 28.5. The minimum absolute atomic E-state index is 0.0296. The second kappa shape index (κ2) is 12.7. The SMILES string of the molecule is CCC(C(=O)NC1CCCCC1)N(Cc1ccc(F)cc1)C(=O)CN(c1cc(Cl)ccc1C)S(C)(=O)=O. The molecule has 1 fully saturated rings.